The minimum Gasteiger partial charge on any atom is -0.286 e. The molecule has 0 fully saturated rings. The van der Waals surface area contributed by atoms with Crippen LogP contribution in [0.2, 0.25) is 1.41 Å². The van der Waals surface area contributed by atoms with Gasteiger partial charge in [0.25, 0.3) is 0 Å². The standard InChI is InChI=1S/C3H4N2/c1-2-4-5-3-1/h1-3H,(H,4,5)/i2D,3D/hD. The molecule has 1 N–H and O–H groups in total. The number of hydrogen-bond donors (Lipinski definition) is 1. The van der Waals surface area contributed by atoms with E-state index in [1.54, 1.807) is 0 Å². The summed E-state index contributed by atoms with van der Waals surface area (Å²) < 4.78 is 20.4. The molecule has 0 aliphatic carbocycles. The van der Waals surface area contributed by atoms with Crippen LogP contribution >= 0.6 is 0 Å². The van der Waals surface area contributed by atoms with Gasteiger partial charge in [0.2, 0.25) is 0 Å². The zero-order valence-corrected chi connectivity index (χ0v) is 2.47. The zero-order chi connectivity index (χ0) is 6.15. The van der Waals surface area contributed by atoms with Crippen LogP contribution in [0.1, 0.15) is 2.74 Å². The Morgan fingerprint density at radius 1 is 2.20 bits per heavy atom. The van der Waals surface area contributed by atoms with E-state index >= 15 is 0 Å². The van der Waals surface area contributed by atoms with Crippen LogP contribution in [-0.4, -0.2) is 10.2 Å². The number of nitrogens with zero attached hydrogens (tertiary/aromatic N) is 1. The third-order valence-electron chi connectivity index (χ3n) is 0.295. The highest BCUT2D eigenvalue weighted by atomic mass is 15.1. The van der Waals surface area contributed by atoms with E-state index in [1.807, 2.05) is 0 Å². The highest BCUT2D eigenvalue weighted by molar-refractivity contribution is 4.72. The molecule has 2 nitrogen and oxygen atoms in total. The molecule has 26 valence electrons. The van der Waals surface area contributed by atoms with Crippen molar-refractivity contribution >= 4 is 0 Å². The summed E-state index contributed by atoms with van der Waals surface area (Å²) in [6.45, 7) is 0. The maximum atomic E-state index is 6.83. The van der Waals surface area contributed by atoms with Crippen molar-refractivity contribution in [3.8, 4) is 0 Å². The van der Waals surface area contributed by atoms with Crippen LogP contribution < -0.4 is 0 Å². The fourth-order valence-electron chi connectivity index (χ4n) is 0.144. The summed E-state index contributed by atoms with van der Waals surface area (Å²) in [5.41, 5.74) is 0. The first-order valence-corrected chi connectivity index (χ1v) is 1.22. The van der Waals surface area contributed by atoms with E-state index in [0.717, 1.165) is 0 Å². The van der Waals surface area contributed by atoms with Gasteiger partial charge >= 0.3 is 0 Å². The Kier molecular flexibility index (Phi) is 0.148. The van der Waals surface area contributed by atoms with E-state index in [9.17, 15) is 0 Å². The quantitative estimate of drug-likeness (QED) is 0.471. The van der Waals surface area contributed by atoms with E-state index in [4.69, 9.17) is 4.15 Å². The summed E-state index contributed by atoms with van der Waals surface area (Å²) in [4.78, 5) is 0. The molecule has 0 spiro atoms. The van der Waals surface area contributed by atoms with Crippen LogP contribution in [0.25, 0.3) is 0 Å². The monoisotopic (exact) mass is 71.1 g/mol. The van der Waals surface area contributed by atoms with Gasteiger partial charge in [-0.05, 0) is 6.07 Å². The molecule has 0 saturated heterocycles. The first-order valence-electron chi connectivity index (χ1n) is 2.67. The summed E-state index contributed by atoms with van der Waals surface area (Å²) in [5, 5.41) is 3.87. The third-order valence-corrected chi connectivity index (χ3v) is 0.295. The van der Waals surface area contributed by atoms with Crippen molar-refractivity contribution in [2.75, 3.05) is 0 Å². The number of aromatic nitrogens is 2. The number of hydrogen-bond acceptors (Lipinski definition) is 1. The molecular weight excluding hydrogens is 64.0 g/mol. The summed E-state index contributed by atoms with van der Waals surface area (Å²) in [7, 11) is 0. The van der Waals surface area contributed by atoms with Crippen molar-refractivity contribution in [3.05, 3.63) is 18.4 Å². The summed E-state index contributed by atoms with van der Waals surface area (Å²) in [5.74, 6) is 0. The minimum atomic E-state index is -0.0602. The van der Waals surface area contributed by atoms with Gasteiger partial charge in [0.1, 0.15) is 0 Å². The summed E-state index contributed by atoms with van der Waals surface area (Å²) >= 11 is 0. The van der Waals surface area contributed by atoms with E-state index < -0.39 is 0 Å². The van der Waals surface area contributed by atoms with E-state index in [1.165, 1.54) is 6.07 Å². The fourth-order valence-corrected chi connectivity index (χ4v) is 0.144. The smallest absolute Gasteiger partial charge is 0.189 e. The second kappa shape index (κ2) is 0.885. The Morgan fingerprint density at radius 2 is 3.20 bits per heavy atom. The molecule has 1 aromatic rings. The summed E-state index contributed by atoms with van der Waals surface area (Å²) in [6.07, 6.45) is -0.0972. The molecule has 0 bridgehead atoms. The molecule has 5 heavy (non-hydrogen) atoms. The van der Waals surface area contributed by atoms with E-state index in [-0.39, 0.29) is 12.3 Å². The highest BCUT2D eigenvalue weighted by Gasteiger charge is 1.56. The molecule has 2 heteroatoms. The van der Waals surface area contributed by atoms with Crippen molar-refractivity contribution < 1.29 is 4.15 Å². The molecule has 0 radical (unpaired) electrons. The van der Waals surface area contributed by atoms with Gasteiger partial charge in [0.05, 0.1) is 2.74 Å². The molecule has 1 aromatic heterocycles. The molecular formula is C3H4N2. The molecule has 1 heterocycles. The lowest BCUT2D eigenvalue weighted by Gasteiger charge is -1.49. The normalized spacial score (nSPS) is 16.4. The van der Waals surface area contributed by atoms with Crippen LogP contribution in [0, 0.1) is 0 Å². The van der Waals surface area contributed by atoms with Gasteiger partial charge in [0.15, 0.2) is 1.41 Å². The summed E-state index contributed by atoms with van der Waals surface area (Å²) in [6, 6.07) is 1.20. The van der Waals surface area contributed by atoms with Gasteiger partial charge in [-0.1, -0.05) is 0 Å². The number of H-pyrrole nitrogens is 1. The molecule has 0 saturated carbocycles. The average molecular weight is 71.1 g/mol. The third kappa shape index (κ3) is 0.265. The lowest BCUT2D eigenvalue weighted by Crippen LogP contribution is -1.53. The second-order valence-electron chi connectivity index (χ2n) is 0.603. The Morgan fingerprint density at radius 3 is 3.40 bits per heavy atom. The Bertz CT molecular complexity index is 175. The topological polar surface area (TPSA) is 28.7 Å². The second-order valence-corrected chi connectivity index (χ2v) is 0.603. The largest absolute Gasteiger partial charge is 0.286 e. The molecule has 0 atom stereocenters. The maximum absolute atomic E-state index is 6.83. The maximum Gasteiger partial charge on any atom is 0.189 e. The van der Waals surface area contributed by atoms with Crippen LogP contribution in [0.15, 0.2) is 18.4 Å². The number of nitrogens with one attached hydrogen (secondary N) is 1. The molecule has 1 rings (SSSR count). The average Bonchev–Trinajstić information content (AvgIpc) is 1.85. The lowest BCUT2D eigenvalue weighted by atomic mass is 10.8. The molecule has 0 unspecified atom stereocenters. The Labute approximate surface area is 34.1 Å². The van der Waals surface area contributed by atoms with E-state index in [2.05, 4.69) is 5.10 Å². The van der Waals surface area contributed by atoms with Crippen LogP contribution in [-0.2, 0) is 0 Å². The van der Waals surface area contributed by atoms with Crippen LogP contribution in [0.4, 0.5) is 0 Å². The predicted molar refractivity (Wildman–Crippen MR) is 18.6 cm³/mol. The van der Waals surface area contributed by atoms with Gasteiger partial charge in [-0.15, -0.1) is 0 Å². The van der Waals surface area contributed by atoms with Crippen molar-refractivity contribution in [2.45, 2.75) is 0 Å². The zero-order valence-electron chi connectivity index (χ0n) is 5.47. The molecule has 0 aliphatic heterocycles. The highest BCUT2D eigenvalue weighted by Crippen LogP contribution is 1.64. The Hall–Kier alpha value is -0.790. The van der Waals surface area contributed by atoms with Crippen molar-refractivity contribution in [1.29, 1.82) is 0 Å². The number of aromatic amines is 1. The lowest BCUT2D eigenvalue weighted by molar-refractivity contribution is 1.09. The van der Waals surface area contributed by atoms with Crippen LogP contribution in [0.5, 0.6) is 0 Å². The SMILES string of the molecule is [2H]c1cc([2H])n([2H])n1. The molecule has 0 amide bonds. The predicted octanol–water partition coefficient (Wildman–Crippen LogP) is 0.410. The number of rotatable bonds is 0. The Balaban J connectivity index is 3.14. The first-order chi connectivity index (χ1) is 3.70. The van der Waals surface area contributed by atoms with Crippen LogP contribution in [0.3, 0.4) is 0 Å². The van der Waals surface area contributed by atoms with Crippen molar-refractivity contribution in [2.24, 2.45) is 0 Å². The van der Waals surface area contributed by atoms with Gasteiger partial charge in [-0.3, -0.25) is 5.09 Å². The van der Waals surface area contributed by atoms with E-state index in [0.29, 0.717) is 5.09 Å². The minimum absolute atomic E-state index is 0.0370. The van der Waals surface area contributed by atoms with Crippen molar-refractivity contribution in [3.63, 3.8) is 0 Å². The van der Waals surface area contributed by atoms with Gasteiger partial charge in [-0.2, -0.15) is 5.10 Å². The fraction of sp³-hybridized carbons (Fsp3) is 0. The van der Waals surface area contributed by atoms with Crippen molar-refractivity contribution in [1.82, 2.24) is 10.2 Å². The van der Waals surface area contributed by atoms with Gasteiger partial charge < -0.3 is 0 Å². The molecule has 0 aromatic carbocycles. The molecule has 0 aliphatic rings. The first kappa shape index (κ1) is 0.834. The van der Waals surface area contributed by atoms with Gasteiger partial charge in [0, 0.05) is 12.3 Å². The van der Waals surface area contributed by atoms with Gasteiger partial charge in [-0.25, -0.2) is 0 Å².